The Hall–Kier alpha value is -5.34. The number of rotatable bonds is 4. The van der Waals surface area contributed by atoms with Gasteiger partial charge in [0.15, 0.2) is 0 Å². The monoisotopic (exact) mass is 752 g/mol. The molecule has 0 aliphatic heterocycles. The second-order valence-electron chi connectivity index (χ2n) is 12.9. The summed E-state index contributed by atoms with van der Waals surface area (Å²) >= 11 is 5.67. The number of hydrogen-bond acceptors (Lipinski definition) is 8. The Morgan fingerprint density at radius 1 is 0.731 bits per heavy atom. The Morgan fingerprint density at radius 3 is 1.56 bits per heavy atom. The van der Waals surface area contributed by atoms with Crippen LogP contribution in [0.4, 0.5) is 0 Å². The predicted octanol–water partition coefficient (Wildman–Crippen LogP) is 6.59. The van der Waals surface area contributed by atoms with Crippen molar-refractivity contribution in [3.63, 3.8) is 0 Å². The number of benzene rings is 2. The second kappa shape index (κ2) is 13.0. The molecule has 0 radical (unpaired) electrons. The lowest BCUT2D eigenvalue weighted by molar-refractivity contribution is 0.353. The van der Waals surface area contributed by atoms with Crippen LogP contribution in [0.5, 0.6) is 0 Å². The van der Waals surface area contributed by atoms with E-state index >= 15 is 0 Å². The maximum Gasteiger partial charge on any atom is 0.294 e. The molecule has 254 valence electrons. The first kappa shape index (κ1) is 33.8. The molecule has 0 atom stereocenters. The first-order chi connectivity index (χ1) is 25.3. The van der Waals surface area contributed by atoms with Crippen molar-refractivity contribution in [2.45, 2.75) is 64.5 Å². The number of fused-ring (bicyclic) bond motifs is 7. The fourth-order valence-electron chi connectivity index (χ4n) is 7.90. The van der Waals surface area contributed by atoms with E-state index in [-0.39, 0.29) is 27.9 Å². The van der Waals surface area contributed by atoms with Crippen LogP contribution in [0.2, 0.25) is 0 Å². The molecule has 2 aromatic carbocycles. The average molecular weight is 753 g/mol. The van der Waals surface area contributed by atoms with Gasteiger partial charge in [0.25, 0.3) is 22.5 Å². The standard InChI is InChI=1S/C40H28N6O2S4/c1-5-45-36(47)34(51-38(45)30(20-41)43-3)16-24-12-22-14-28-26(18-32(22)49-24)27-19-33-23(15-29(27)40(28)10-8-7-9-11-40)13-25(50-33)17-35-37(48)46(6-2)39(52-35)31(21-42)44-4/h12-19H,5-11H2,1-2H3/b34-16-,35-17-,38-30-,39-31+. The van der Waals surface area contributed by atoms with Gasteiger partial charge >= 0.3 is 0 Å². The van der Waals surface area contributed by atoms with Crippen molar-refractivity contribution in [2.24, 2.45) is 0 Å². The summed E-state index contributed by atoms with van der Waals surface area (Å²) in [4.78, 5) is 35.1. The Labute approximate surface area is 313 Å². The van der Waals surface area contributed by atoms with Crippen LogP contribution in [0.3, 0.4) is 0 Å². The van der Waals surface area contributed by atoms with Gasteiger partial charge in [0.2, 0.25) is 0 Å². The quantitative estimate of drug-likeness (QED) is 0.190. The maximum absolute atomic E-state index is 13.3. The predicted molar refractivity (Wildman–Crippen MR) is 212 cm³/mol. The number of thiophene rings is 2. The van der Waals surface area contributed by atoms with Gasteiger partial charge in [0, 0.05) is 37.7 Å². The number of nitriles is 2. The Balaban J connectivity index is 1.28. The zero-order valence-corrected chi connectivity index (χ0v) is 31.5. The molecular weight excluding hydrogens is 725 g/mol. The van der Waals surface area contributed by atoms with Crippen molar-refractivity contribution < 1.29 is 0 Å². The van der Waals surface area contributed by atoms with Gasteiger partial charge < -0.3 is 9.13 Å². The molecular formula is C40H28N6O2S4. The second-order valence-corrected chi connectivity index (χ2v) is 17.2. The molecule has 12 heteroatoms. The number of aromatic nitrogens is 2. The molecule has 8 rings (SSSR count). The molecule has 1 spiro atoms. The van der Waals surface area contributed by atoms with Crippen LogP contribution in [0.1, 0.15) is 66.8 Å². The maximum atomic E-state index is 13.3. The van der Waals surface area contributed by atoms with E-state index in [9.17, 15) is 20.1 Å². The van der Waals surface area contributed by atoms with Crippen molar-refractivity contribution in [1.29, 1.82) is 10.5 Å². The highest BCUT2D eigenvalue weighted by Crippen LogP contribution is 2.58. The molecule has 52 heavy (non-hydrogen) atoms. The zero-order valence-electron chi connectivity index (χ0n) is 28.2. The van der Waals surface area contributed by atoms with E-state index in [4.69, 9.17) is 13.1 Å². The van der Waals surface area contributed by atoms with Gasteiger partial charge in [-0.3, -0.25) is 9.59 Å². The fourth-order valence-corrected chi connectivity index (χ4v) is 12.3. The van der Waals surface area contributed by atoms with E-state index < -0.39 is 0 Å². The molecule has 0 bridgehead atoms. The van der Waals surface area contributed by atoms with Crippen LogP contribution in [0.15, 0.2) is 46.0 Å². The van der Waals surface area contributed by atoms with Crippen LogP contribution in [0, 0.1) is 35.8 Å². The number of nitrogens with zero attached hydrogens (tertiary/aromatic N) is 6. The molecule has 1 fully saturated rings. The molecule has 1 saturated carbocycles. The van der Waals surface area contributed by atoms with Crippen LogP contribution in [-0.4, -0.2) is 9.13 Å². The van der Waals surface area contributed by atoms with Gasteiger partial charge in [0.05, 0.1) is 34.3 Å². The van der Waals surface area contributed by atoms with E-state index in [1.807, 2.05) is 38.1 Å². The summed E-state index contributed by atoms with van der Waals surface area (Å²) in [5, 5.41) is 21.2. The van der Waals surface area contributed by atoms with E-state index in [1.54, 1.807) is 22.7 Å². The molecule has 4 heterocycles. The van der Waals surface area contributed by atoms with Gasteiger partial charge in [-0.05, 0) is 108 Å². The normalized spacial score (nSPS) is 16.3. The first-order valence-corrected chi connectivity index (χ1v) is 20.2. The van der Waals surface area contributed by atoms with Gasteiger partial charge in [0.1, 0.15) is 9.33 Å². The molecule has 0 N–H and O–H groups in total. The van der Waals surface area contributed by atoms with Gasteiger partial charge in [-0.2, -0.15) is 0 Å². The van der Waals surface area contributed by atoms with Crippen molar-refractivity contribution >= 4 is 89.1 Å². The summed E-state index contributed by atoms with van der Waals surface area (Å²) in [5.74, 6) is 0. The van der Waals surface area contributed by atoms with Crippen molar-refractivity contribution in [3.05, 3.63) is 119 Å². The van der Waals surface area contributed by atoms with E-state index in [0.29, 0.717) is 31.5 Å². The molecule has 8 nitrogen and oxygen atoms in total. The van der Waals surface area contributed by atoms with Crippen LogP contribution < -0.4 is 29.5 Å². The summed E-state index contributed by atoms with van der Waals surface area (Å²) in [6.07, 6.45) is 9.48. The Bertz CT molecular complexity index is 2840. The molecule has 0 saturated heterocycles. The lowest BCUT2D eigenvalue weighted by Gasteiger charge is -2.36. The number of hydrogen-bond donors (Lipinski definition) is 0. The summed E-state index contributed by atoms with van der Waals surface area (Å²) in [6.45, 7) is 19.3. The zero-order chi connectivity index (χ0) is 36.3. The summed E-state index contributed by atoms with van der Waals surface area (Å²) < 4.78 is 7.10. The van der Waals surface area contributed by atoms with Crippen LogP contribution in [-0.2, 0) is 18.5 Å². The highest BCUT2D eigenvalue weighted by atomic mass is 32.1. The highest BCUT2D eigenvalue weighted by molar-refractivity contribution is 7.20. The van der Waals surface area contributed by atoms with Crippen molar-refractivity contribution in [1.82, 2.24) is 9.13 Å². The van der Waals surface area contributed by atoms with Gasteiger partial charge in [-0.15, -0.1) is 45.3 Å². The van der Waals surface area contributed by atoms with E-state index in [1.165, 1.54) is 60.5 Å². The largest absolute Gasteiger partial charge is 0.307 e. The molecule has 6 aromatic rings. The topological polar surface area (TPSA) is 100 Å². The smallest absolute Gasteiger partial charge is 0.294 e. The summed E-state index contributed by atoms with van der Waals surface area (Å²) in [7, 11) is 0. The summed E-state index contributed by atoms with van der Waals surface area (Å²) in [5.41, 5.74) is 4.66. The molecule has 0 unspecified atom stereocenters. The Morgan fingerprint density at radius 2 is 1.17 bits per heavy atom. The van der Waals surface area contributed by atoms with E-state index in [0.717, 1.165) is 55.6 Å². The first-order valence-electron chi connectivity index (χ1n) is 16.9. The lowest BCUT2D eigenvalue weighted by Crippen LogP contribution is -2.31. The van der Waals surface area contributed by atoms with Crippen molar-refractivity contribution in [3.8, 4) is 23.3 Å². The molecule has 2 aliphatic carbocycles. The fraction of sp³-hybridized carbons (Fsp3) is 0.250. The average Bonchev–Trinajstić information content (AvgIpc) is 3.94. The van der Waals surface area contributed by atoms with Crippen LogP contribution in [0.25, 0.3) is 64.5 Å². The third kappa shape index (κ3) is 5.14. The minimum atomic E-state index is -0.185. The highest BCUT2D eigenvalue weighted by Gasteiger charge is 2.44. The molecule has 2 aliphatic rings. The van der Waals surface area contributed by atoms with Gasteiger partial charge in [-0.25, -0.2) is 20.2 Å². The third-order valence-corrected chi connectivity index (χ3v) is 14.5. The minimum absolute atomic E-state index is 0.0671. The van der Waals surface area contributed by atoms with E-state index in [2.05, 4.69) is 46.1 Å². The summed E-state index contributed by atoms with van der Waals surface area (Å²) in [6, 6.07) is 17.5. The van der Waals surface area contributed by atoms with Gasteiger partial charge in [-0.1, -0.05) is 19.3 Å². The molecule has 0 amide bonds. The minimum Gasteiger partial charge on any atom is -0.307 e. The molecule has 4 aromatic heterocycles. The Kier molecular flexibility index (Phi) is 8.45. The third-order valence-electron chi connectivity index (χ3n) is 10.2. The van der Waals surface area contributed by atoms with Crippen LogP contribution >= 0.6 is 45.3 Å². The number of thiazole rings is 2. The lowest BCUT2D eigenvalue weighted by atomic mass is 9.67. The van der Waals surface area contributed by atoms with Crippen molar-refractivity contribution in [2.75, 3.05) is 0 Å². The SMILES string of the molecule is [C-]#[N+]/C(C#N)=c1\s/c(=C\c2cc3cc4c(cc3s2)-c2cc3sc(/C=c5\s/c(=C(\C#N)[N+]#[C-])n(CC)c5=O)cc3cc2C42CCCCC2)c(=O)n1CC.